The van der Waals surface area contributed by atoms with Gasteiger partial charge in [0.1, 0.15) is 14.7 Å². The molecule has 0 rings (SSSR count). The van der Waals surface area contributed by atoms with Crippen molar-refractivity contribution in [2.75, 3.05) is 13.2 Å². The largest absolute Gasteiger partial charge is 0.409 e. The fraction of sp³-hybridized carbons (Fsp3) is 0.765. The molecule has 0 aliphatic heterocycles. The summed E-state index contributed by atoms with van der Waals surface area (Å²) in [6, 6.07) is 0. The second-order valence-electron chi connectivity index (χ2n) is 6.48. The number of alkyl halides is 3. The highest BCUT2D eigenvalue weighted by Crippen LogP contribution is 2.40. The van der Waals surface area contributed by atoms with Crippen molar-refractivity contribution in [3.8, 4) is 11.5 Å². The lowest BCUT2D eigenvalue weighted by Gasteiger charge is -2.38. The fourth-order valence-corrected chi connectivity index (χ4v) is 8.36. The van der Waals surface area contributed by atoms with Gasteiger partial charge in [0.05, 0.1) is 6.61 Å². The van der Waals surface area contributed by atoms with Gasteiger partial charge in [0.2, 0.25) is 0 Å². The SMILES string of the molecule is CC(C)[Si](C#CCOCC/C=C\C(F)(F)F)(C(C)C)C(C)C. The molecule has 5 heteroatoms. The van der Waals surface area contributed by atoms with Crippen LogP contribution in [0.15, 0.2) is 12.2 Å². The summed E-state index contributed by atoms with van der Waals surface area (Å²) >= 11 is 0. The molecule has 0 fully saturated rings. The van der Waals surface area contributed by atoms with Gasteiger partial charge < -0.3 is 4.74 Å². The number of halogens is 3. The van der Waals surface area contributed by atoms with Crippen molar-refractivity contribution in [3.63, 3.8) is 0 Å². The number of ether oxygens (including phenoxy) is 1. The van der Waals surface area contributed by atoms with E-state index in [4.69, 9.17) is 4.74 Å². The summed E-state index contributed by atoms with van der Waals surface area (Å²) < 4.78 is 41.0. The monoisotopic (exact) mass is 334 g/mol. The van der Waals surface area contributed by atoms with Gasteiger partial charge in [0.15, 0.2) is 0 Å². The molecule has 0 unspecified atom stereocenters. The van der Waals surface area contributed by atoms with Gasteiger partial charge in [0, 0.05) is 6.08 Å². The number of rotatable bonds is 7. The van der Waals surface area contributed by atoms with Crippen molar-refractivity contribution in [2.24, 2.45) is 0 Å². The normalized spacial score (nSPS) is 13.3. The summed E-state index contributed by atoms with van der Waals surface area (Å²) in [4.78, 5) is 0. The molecule has 0 aliphatic carbocycles. The van der Waals surface area contributed by atoms with E-state index in [0.717, 1.165) is 6.08 Å². The highest BCUT2D eigenvalue weighted by molar-refractivity contribution is 6.90. The smallest absolute Gasteiger partial charge is 0.368 e. The molecule has 0 aromatic heterocycles. The Bertz CT molecular complexity index is 379. The Morgan fingerprint density at radius 1 is 1.00 bits per heavy atom. The zero-order valence-electron chi connectivity index (χ0n) is 14.6. The van der Waals surface area contributed by atoms with Crippen LogP contribution < -0.4 is 0 Å². The van der Waals surface area contributed by atoms with Gasteiger partial charge in [-0.05, 0) is 23.0 Å². The van der Waals surface area contributed by atoms with Gasteiger partial charge in [-0.15, -0.1) is 5.54 Å². The van der Waals surface area contributed by atoms with Crippen molar-refractivity contribution >= 4 is 8.07 Å². The van der Waals surface area contributed by atoms with Crippen LogP contribution in [-0.4, -0.2) is 27.5 Å². The standard InChI is InChI=1S/C17H29F3OSi/c1-14(2)22(15(3)4,16(5)6)13-9-12-21-11-8-7-10-17(18,19)20/h7,10,14-16H,8,11-12H2,1-6H3/b10-7-. The lowest BCUT2D eigenvalue weighted by atomic mass is 10.4. The molecule has 0 saturated heterocycles. The van der Waals surface area contributed by atoms with Crippen molar-refractivity contribution in [2.45, 2.75) is 70.8 Å². The second-order valence-corrected chi connectivity index (χ2v) is 12.1. The molecule has 0 N–H and O–H groups in total. The van der Waals surface area contributed by atoms with Crippen LogP contribution >= 0.6 is 0 Å². The van der Waals surface area contributed by atoms with Crippen LogP contribution in [0.3, 0.4) is 0 Å². The van der Waals surface area contributed by atoms with Crippen LogP contribution in [0.5, 0.6) is 0 Å². The molecular formula is C17H29F3OSi. The first-order valence-corrected chi connectivity index (χ1v) is 10.1. The minimum atomic E-state index is -4.24. The van der Waals surface area contributed by atoms with Crippen LogP contribution in [0.4, 0.5) is 13.2 Å². The van der Waals surface area contributed by atoms with Crippen molar-refractivity contribution in [1.29, 1.82) is 0 Å². The minimum absolute atomic E-state index is 0.246. The van der Waals surface area contributed by atoms with Crippen molar-refractivity contribution in [3.05, 3.63) is 12.2 Å². The zero-order valence-corrected chi connectivity index (χ0v) is 15.6. The van der Waals surface area contributed by atoms with E-state index in [2.05, 4.69) is 53.0 Å². The van der Waals surface area contributed by atoms with Crippen LogP contribution in [0.2, 0.25) is 16.6 Å². The summed E-state index contributed by atoms with van der Waals surface area (Å²) in [5, 5.41) is 0. The Morgan fingerprint density at radius 2 is 1.50 bits per heavy atom. The lowest BCUT2D eigenvalue weighted by Crippen LogP contribution is -2.43. The maximum atomic E-state index is 11.9. The van der Waals surface area contributed by atoms with E-state index in [1.165, 1.54) is 0 Å². The summed E-state index contributed by atoms with van der Waals surface area (Å²) in [5.74, 6) is 3.12. The van der Waals surface area contributed by atoms with E-state index in [1.54, 1.807) is 0 Å². The average Bonchev–Trinajstić information content (AvgIpc) is 2.34. The molecule has 0 heterocycles. The predicted octanol–water partition coefficient (Wildman–Crippen LogP) is 5.73. The molecule has 0 spiro atoms. The summed E-state index contributed by atoms with van der Waals surface area (Å²) in [5.41, 5.74) is 5.21. The van der Waals surface area contributed by atoms with E-state index >= 15 is 0 Å². The van der Waals surface area contributed by atoms with Gasteiger partial charge >= 0.3 is 6.18 Å². The van der Waals surface area contributed by atoms with Crippen LogP contribution in [0.25, 0.3) is 0 Å². The maximum Gasteiger partial charge on any atom is 0.409 e. The first-order valence-electron chi connectivity index (χ1n) is 7.86. The molecule has 0 aromatic carbocycles. The van der Waals surface area contributed by atoms with Gasteiger partial charge in [-0.1, -0.05) is 53.5 Å². The van der Waals surface area contributed by atoms with E-state index in [0.29, 0.717) is 23.2 Å². The summed E-state index contributed by atoms with van der Waals surface area (Å²) in [6.07, 6.45) is -2.65. The van der Waals surface area contributed by atoms with E-state index in [-0.39, 0.29) is 19.1 Å². The van der Waals surface area contributed by atoms with E-state index in [1.807, 2.05) is 0 Å². The lowest BCUT2D eigenvalue weighted by molar-refractivity contribution is -0.0800. The third-order valence-corrected chi connectivity index (χ3v) is 10.4. The van der Waals surface area contributed by atoms with Crippen molar-refractivity contribution in [1.82, 2.24) is 0 Å². The third kappa shape index (κ3) is 7.02. The van der Waals surface area contributed by atoms with Crippen molar-refractivity contribution < 1.29 is 17.9 Å². The molecule has 22 heavy (non-hydrogen) atoms. The third-order valence-electron chi connectivity index (χ3n) is 4.08. The number of allylic oxidation sites excluding steroid dienone is 1. The first kappa shape index (κ1) is 21.3. The Balaban J connectivity index is 4.45. The van der Waals surface area contributed by atoms with Gasteiger partial charge in [-0.3, -0.25) is 0 Å². The van der Waals surface area contributed by atoms with Crippen LogP contribution in [-0.2, 0) is 4.74 Å². The average molecular weight is 334 g/mol. The Hall–Kier alpha value is -0.733. The molecule has 0 atom stereocenters. The topological polar surface area (TPSA) is 9.23 Å². The second kappa shape index (κ2) is 9.42. The molecule has 0 radical (unpaired) electrons. The van der Waals surface area contributed by atoms with Crippen LogP contribution in [0.1, 0.15) is 48.0 Å². The number of hydrogen-bond donors (Lipinski definition) is 0. The Labute approximate surface area is 134 Å². The van der Waals surface area contributed by atoms with E-state index < -0.39 is 14.3 Å². The number of hydrogen-bond acceptors (Lipinski definition) is 1. The zero-order chi connectivity index (χ0) is 17.4. The molecule has 0 aromatic rings. The van der Waals surface area contributed by atoms with Gasteiger partial charge in [-0.25, -0.2) is 0 Å². The van der Waals surface area contributed by atoms with Gasteiger partial charge in [-0.2, -0.15) is 13.2 Å². The molecular weight excluding hydrogens is 305 g/mol. The highest BCUT2D eigenvalue weighted by Gasteiger charge is 2.41. The molecule has 0 bridgehead atoms. The summed E-state index contributed by atoms with van der Waals surface area (Å²) in [6.45, 7) is 14.0. The highest BCUT2D eigenvalue weighted by atomic mass is 28.3. The molecule has 0 amide bonds. The molecule has 0 aliphatic rings. The predicted molar refractivity (Wildman–Crippen MR) is 89.5 cm³/mol. The van der Waals surface area contributed by atoms with E-state index in [9.17, 15) is 13.2 Å². The fourth-order valence-electron chi connectivity index (χ4n) is 3.11. The van der Waals surface area contributed by atoms with Gasteiger partial charge in [0.25, 0.3) is 0 Å². The molecule has 128 valence electrons. The first-order chi connectivity index (χ1) is 10.0. The maximum absolute atomic E-state index is 11.9. The Kier molecular flexibility index (Phi) is 9.10. The summed E-state index contributed by atoms with van der Waals surface area (Å²) in [7, 11) is -1.73. The quantitative estimate of drug-likeness (QED) is 0.250. The van der Waals surface area contributed by atoms with Crippen LogP contribution in [0, 0.1) is 11.5 Å². The minimum Gasteiger partial charge on any atom is -0.368 e. The molecule has 0 saturated carbocycles. The molecule has 1 nitrogen and oxygen atoms in total. The Morgan fingerprint density at radius 3 is 1.91 bits per heavy atom.